The Labute approximate surface area is 114 Å². The fraction of sp³-hybridized carbons (Fsp3) is 0.375. The molecule has 1 heterocycles. The molecule has 0 aliphatic heterocycles. The number of carbonyl (C=O) groups excluding carboxylic acids is 1. The van der Waals surface area contributed by atoms with Gasteiger partial charge in [0.2, 0.25) is 0 Å². The molecule has 2 aromatic rings. The van der Waals surface area contributed by atoms with Crippen molar-refractivity contribution >= 4 is 5.78 Å². The standard InChI is InChI=1S/C16H20N2O/c1-5-11(2)13-6-8-14(9-7-13)16-10-15(12(3)19)17-18(16)4/h6-11H,5H2,1-4H3. The van der Waals surface area contributed by atoms with Gasteiger partial charge in [-0.05, 0) is 29.5 Å². The van der Waals surface area contributed by atoms with Gasteiger partial charge in [0, 0.05) is 14.0 Å². The van der Waals surface area contributed by atoms with Gasteiger partial charge in [0.25, 0.3) is 0 Å². The minimum absolute atomic E-state index is 0.00178. The number of hydrogen-bond donors (Lipinski definition) is 0. The highest BCUT2D eigenvalue weighted by Crippen LogP contribution is 2.24. The third-order valence-electron chi connectivity index (χ3n) is 3.63. The van der Waals surface area contributed by atoms with Crippen molar-refractivity contribution in [3.8, 4) is 11.3 Å². The van der Waals surface area contributed by atoms with Crippen LogP contribution in [0.3, 0.4) is 0 Å². The van der Waals surface area contributed by atoms with Gasteiger partial charge in [-0.25, -0.2) is 0 Å². The molecule has 0 aliphatic carbocycles. The number of rotatable bonds is 4. The largest absolute Gasteiger partial charge is 0.293 e. The predicted octanol–water partition coefficient (Wildman–Crippen LogP) is 3.80. The van der Waals surface area contributed by atoms with Gasteiger partial charge in [0.05, 0.1) is 5.69 Å². The molecule has 1 aromatic heterocycles. The SMILES string of the molecule is CCC(C)c1ccc(-c2cc(C(C)=O)nn2C)cc1. The van der Waals surface area contributed by atoms with Crippen LogP contribution in [0.15, 0.2) is 30.3 Å². The first-order chi connectivity index (χ1) is 9.02. The summed E-state index contributed by atoms with van der Waals surface area (Å²) in [6.07, 6.45) is 1.14. The van der Waals surface area contributed by atoms with E-state index >= 15 is 0 Å². The zero-order valence-electron chi connectivity index (χ0n) is 12.0. The lowest BCUT2D eigenvalue weighted by molar-refractivity contribution is 0.101. The summed E-state index contributed by atoms with van der Waals surface area (Å²) in [4.78, 5) is 11.3. The Morgan fingerprint density at radius 3 is 2.42 bits per heavy atom. The van der Waals surface area contributed by atoms with E-state index in [0.29, 0.717) is 11.6 Å². The van der Waals surface area contributed by atoms with Crippen LogP contribution in [-0.4, -0.2) is 15.6 Å². The molecule has 3 heteroatoms. The summed E-state index contributed by atoms with van der Waals surface area (Å²) in [5.74, 6) is 0.575. The highest BCUT2D eigenvalue weighted by Gasteiger charge is 2.11. The van der Waals surface area contributed by atoms with Crippen molar-refractivity contribution in [3.05, 3.63) is 41.6 Å². The minimum atomic E-state index is -0.00178. The van der Waals surface area contributed by atoms with Crippen molar-refractivity contribution in [2.24, 2.45) is 7.05 Å². The minimum Gasteiger partial charge on any atom is -0.293 e. The number of nitrogens with zero attached hydrogens (tertiary/aromatic N) is 2. The van der Waals surface area contributed by atoms with Crippen LogP contribution in [-0.2, 0) is 7.05 Å². The van der Waals surface area contributed by atoms with Crippen LogP contribution in [0, 0.1) is 0 Å². The third kappa shape index (κ3) is 2.75. The van der Waals surface area contributed by atoms with Crippen molar-refractivity contribution < 1.29 is 4.79 Å². The monoisotopic (exact) mass is 256 g/mol. The number of aryl methyl sites for hydroxylation is 1. The molecule has 0 saturated heterocycles. The van der Waals surface area contributed by atoms with Crippen LogP contribution in [0.5, 0.6) is 0 Å². The van der Waals surface area contributed by atoms with Crippen LogP contribution in [0.25, 0.3) is 11.3 Å². The topological polar surface area (TPSA) is 34.9 Å². The predicted molar refractivity (Wildman–Crippen MR) is 77.4 cm³/mol. The molecular weight excluding hydrogens is 236 g/mol. The lowest BCUT2D eigenvalue weighted by atomic mass is 9.97. The molecule has 100 valence electrons. The first kappa shape index (κ1) is 13.5. The highest BCUT2D eigenvalue weighted by molar-refractivity contribution is 5.93. The average Bonchev–Trinajstić information content (AvgIpc) is 2.80. The second-order valence-electron chi connectivity index (χ2n) is 5.03. The van der Waals surface area contributed by atoms with Gasteiger partial charge in [-0.15, -0.1) is 0 Å². The average molecular weight is 256 g/mol. The fourth-order valence-electron chi connectivity index (χ4n) is 2.13. The van der Waals surface area contributed by atoms with Gasteiger partial charge < -0.3 is 0 Å². The van der Waals surface area contributed by atoms with E-state index in [1.165, 1.54) is 12.5 Å². The van der Waals surface area contributed by atoms with Gasteiger partial charge in [0.15, 0.2) is 5.78 Å². The maximum absolute atomic E-state index is 11.3. The van der Waals surface area contributed by atoms with E-state index in [9.17, 15) is 4.79 Å². The molecule has 0 saturated carbocycles. The molecular formula is C16H20N2O. The summed E-state index contributed by atoms with van der Waals surface area (Å²) in [6.45, 7) is 5.96. The summed E-state index contributed by atoms with van der Waals surface area (Å²) in [5.41, 5.74) is 3.93. The van der Waals surface area contributed by atoms with E-state index in [4.69, 9.17) is 0 Å². The van der Waals surface area contributed by atoms with Crippen LogP contribution in [0.4, 0.5) is 0 Å². The maximum atomic E-state index is 11.3. The summed E-state index contributed by atoms with van der Waals surface area (Å²) in [7, 11) is 1.87. The van der Waals surface area contributed by atoms with E-state index in [1.54, 1.807) is 4.68 Å². The molecule has 0 radical (unpaired) electrons. The smallest absolute Gasteiger partial charge is 0.180 e. The van der Waals surface area contributed by atoms with E-state index in [0.717, 1.165) is 17.7 Å². The molecule has 0 fully saturated rings. The number of hydrogen-bond acceptors (Lipinski definition) is 2. The molecule has 2 rings (SSSR count). The number of aromatic nitrogens is 2. The lowest BCUT2D eigenvalue weighted by Gasteiger charge is -2.09. The summed E-state index contributed by atoms with van der Waals surface area (Å²) < 4.78 is 1.76. The molecule has 0 amide bonds. The summed E-state index contributed by atoms with van der Waals surface area (Å²) >= 11 is 0. The number of benzene rings is 1. The van der Waals surface area contributed by atoms with Crippen molar-refractivity contribution in [1.82, 2.24) is 9.78 Å². The van der Waals surface area contributed by atoms with E-state index in [1.807, 2.05) is 13.1 Å². The van der Waals surface area contributed by atoms with E-state index in [-0.39, 0.29) is 5.78 Å². The van der Waals surface area contributed by atoms with Crippen LogP contribution in [0.2, 0.25) is 0 Å². The Bertz CT molecular complexity index is 581. The molecule has 1 atom stereocenters. The third-order valence-corrected chi connectivity index (χ3v) is 3.63. The van der Waals surface area contributed by atoms with Crippen molar-refractivity contribution in [3.63, 3.8) is 0 Å². The lowest BCUT2D eigenvalue weighted by Crippen LogP contribution is -1.97. The Kier molecular flexibility index (Phi) is 3.84. The first-order valence-corrected chi connectivity index (χ1v) is 6.68. The number of ketones is 1. The molecule has 0 N–H and O–H groups in total. The van der Waals surface area contributed by atoms with Gasteiger partial charge in [-0.2, -0.15) is 5.10 Å². The maximum Gasteiger partial charge on any atom is 0.180 e. The van der Waals surface area contributed by atoms with Gasteiger partial charge >= 0.3 is 0 Å². The first-order valence-electron chi connectivity index (χ1n) is 6.68. The normalized spacial score (nSPS) is 12.4. The summed E-state index contributed by atoms with van der Waals surface area (Å²) in [6, 6.07) is 10.4. The molecule has 0 aliphatic rings. The van der Waals surface area contributed by atoms with Gasteiger partial charge in [0.1, 0.15) is 5.69 Å². The van der Waals surface area contributed by atoms with Crippen molar-refractivity contribution in [1.29, 1.82) is 0 Å². The Hall–Kier alpha value is -1.90. The summed E-state index contributed by atoms with van der Waals surface area (Å²) in [5, 5.41) is 4.23. The molecule has 19 heavy (non-hydrogen) atoms. The van der Waals surface area contributed by atoms with Crippen LogP contribution in [0.1, 0.15) is 49.2 Å². The Morgan fingerprint density at radius 2 is 1.95 bits per heavy atom. The van der Waals surface area contributed by atoms with Crippen molar-refractivity contribution in [2.45, 2.75) is 33.1 Å². The fourth-order valence-corrected chi connectivity index (χ4v) is 2.13. The Morgan fingerprint density at radius 1 is 1.32 bits per heavy atom. The van der Waals surface area contributed by atoms with E-state index in [2.05, 4.69) is 43.2 Å². The molecule has 0 spiro atoms. The quantitative estimate of drug-likeness (QED) is 0.780. The zero-order valence-corrected chi connectivity index (χ0v) is 12.0. The Balaban J connectivity index is 2.34. The van der Waals surface area contributed by atoms with Gasteiger partial charge in [-0.1, -0.05) is 38.1 Å². The molecule has 3 nitrogen and oxygen atoms in total. The number of carbonyl (C=O) groups is 1. The molecule has 1 aromatic carbocycles. The second-order valence-corrected chi connectivity index (χ2v) is 5.03. The van der Waals surface area contributed by atoms with Gasteiger partial charge in [-0.3, -0.25) is 9.48 Å². The van der Waals surface area contributed by atoms with Crippen molar-refractivity contribution in [2.75, 3.05) is 0 Å². The number of Topliss-reactive ketones (excluding diaryl/α,β-unsaturated/α-hetero) is 1. The molecule has 0 bridgehead atoms. The highest BCUT2D eigenvalue weighted by atomic mass is 16.1. The second kappa shape index (κ2) is 5.39. The van der Waals surface area contributed by atoms with Crippen LogP contribution < -0.4 is 0 Å². The van der Waals surface area contributed by atoms with E-state index < -0.39 is 0 Å². The zero-order chi connectivity index (χ0) is 14.0. The van der Waals surface area contributed by atoms with Crippen LogP contribution >= 0.6 is 0 Å². The molecule has 1 unspecified atom stereocenters.